The van der Waals surface area contributed by atoms with Crippen molar-refractivity contribution in [3.05, 3.63) is 59.9 Å². The molecule has 2 saturated heterocycles. The van der Waals surface area contributed by atoms with Crippen LogP contribution in [0.1, 0.15) is 24.8 Å². The van der Waals surface area contributed by atoms with Gasteiger partial charge in [0.25, 0.3) is 0 Å². The quantitative estimate of drug-likeness (QED) is 0.930. The van der Waals surface area contributed by atoms with Gasteiger partial charge in [0.15, 0.2) is 0 Å². The van der Waals surface area contributed by atoms with Crippen LogP contribution in [0.25, 0.3) is 0 Å². The Bertz CT molecular complexity index is 703. The van der Waals surface area contributed by atoms with E-state index in [4.69, 9.17) is 10.5 Å². The molecule has 1 aliphatic carbocycles. The average molecular weight is 326 g/mol. The van der Waals surface area contributed by atoms with Crippen LogP contribution in [0, 0.1) is 11.7 Å². The fourth-order valence-electron chi connectivity index (χ4n) is 4.07. The Morgan fingerprint density at radius 1 is 1.08 bits per heavy atom. The van der Waals surface area contributed by atoms with E-state index in [1.54, 1.807) is 12.1 Å². The van der Waals surface area contributed by atoms with Gasteiger partial charge in [-0.25, -0.2) is 4.39 Å². The second kappa shape index (κ2) is 6.44. The Hall–Kier alpha value is -2.07. The van der Waals surface area contributed by atoms with Crippen LogP contribution in [-0.2, 0) is 6.54 Å². The maximum Gasteiger partial charge on any atom is 0.146 e. The van der Waals surface area contributed by atoms with Gasteiger partial charge in [-0.2, -0.15) is 0 Å². The number of piperidine rings is 2. The minimum absolute atomic E-state index is 0.125. The zero-order valence-electron chi connectivity index (χ0n) is 13.7. The predicted octanol–water partition coefficient (Wildman–Crippen LogP) is 3.72. The number of nitrogens with two attached hydrogens (primary N) is 1. The average Bonchev–Trinajstić information content (AvgIpc) is 2.63. The van der Waals surface area contributed by atoms with Crippen LogP contribution in [0.4, 0.5) is 10.1 Å². The number of rotatable bonds is 4. The molecule has 2 aromatic rings. The lowest BCUT2D eigenvalue weighted by Crippen LogP contribution is -2.56. The number of anilines is 1. The number of hydrogen-bond acceptors (Lipinski definition) is 3. The molecule has 3 unspecified atom stereocenters. The zero-order valence-corrected chi connectivity index (χ0v) is 13.7. The van der Waals surface area contributed by atoms with E-state index >= 15 is 0 Å². The molecule has 4 heteroatoms. The molecule has 3 fully saturated rings. The van der Waals surface area contributed by atoms with Crippen molar-refractivity contribution in [2.24, 2.45) is 11.7 Å². The fraction of sp³-hybridized carbons (Fsp3) is 0.400. The van der Waals surface area contributed by atoms with Gasteiger partial charge in [0.05, 0.1) is 5.69 Å². The highest BCUT2D eigenvalue weighted by atomic mass is 19.1. The lowest BCUT2D eigenvalue weighted by atomic mass is 9.77. The first-order valence-electron chi connectivity index (χ1n) is 8.71. The molecule has 1 saturated carbocycles. The summed E-state index contributed by atoms with van der Waals surface area (Å²) in [5.41, 5.74) is 7.48. The van der Waals surface area contributed by atoms with Crippen molar-refractivity contribution in [3.63, 3.8) is 0 Å². The van der Waals surface area contributed by atoms with Crippen LogP contribution in [0.2, 0.25) is 0 Å². The van der Waals surface area contributed by atoms with E-state index in [-0.39, 0.29) is 11.9 Å². The molecule has 2 N–H and O–H groups in total. The first kappa shape index (κ1) is 15.5. The highest BCUT2D eigenvalue weighted by Crippen LogP contribution is 2.40. The molecule has 126 valence electrons. The van der Waals surface area contributed by atoms with E-state index in [9.17, 15) is 4.39 Å². The number of ether oxygens (including phenoxy) is 1. The van der Waals surface area contributed by atoms with E-state index in [0.29, 0.717) is 18.5 Å². The van der Waals surface area contributed by atoms with Gasteiger partial charge in [-0.1, -0.05) is 24.3 Å². The Morgan fingerprint density at radius 3 is 2.54 bits per heavy atom. The van der Waals surface area contributed by atoms with Gasteiger partial charge < -0.3 is 15.4 Å². The Labute approximate surface area is 142 Å². The van der Waals surface area contributed by atoms with Crippen molar-refractivity contribution in [3.8, 4) is 5.75 Å². The van der Waals surface area contributed by atoms with Gasteiger partial charge in [0.2, 0.25) is 0 Å². The smallest absolute Gasteiger partial charge is 0.146 e. The molecular formula is C20H23FN2O. The molecule has 3 atom stereocenters. The second-order valence-corrected chi connectivity index (χ2v) is 6.84. The van der Waals surface area contributed by atoms with Crippen molar-refractivity contribution >= 4 is 5.69 Å². The Kier molecular flexibility index (Phi) is 4.15. The molecule has 0 radical (unpaired) electrons. The van der Waals surface area contributed by atoms with E-state index in [0.717, 1.165) is 42.8 Å². The summed E-state index contributed by atoms with van der Waals surface area (Å²) in [5.74, 6) is 1.23. The van der Waals surface area contributed by atoms with Crippen molar-refractivity contribution in [1.82, 2.24) is 0 Å². The minimum Gasteiger partial charge on any atom is -0.490 e. The number of para-hydroxylation sites is 1. The third kappa shape index (κ3) is 2.86. The van der Waals surface area contributed by atoms with Crippen molar-refractivity contribution < 1.29 is 9.13 Å². The monoisotopic (exact) mass is 326 g/mol. The zero-order chi connectivity index (χ0) is 16.5. The van der Waals surface area contributed by atoms with Gasteiger partial charge in [0.1, 0.15) is 17.7 Å². The summed E-state index contributed by atoms with van der Waals surface area (Å²) in [5, 5.41) is 0. The molecule has 2 aromatic carbocycles. The van der Waals surface area contributed by atoms with Crippen molar-refractivity contribution in [2.45, 2.75) is 38.0 Å². The summed E-state index contributed by atoms with van der Waals surface area (Å²) in [6.07, 6.45) is 3.44. The van der Waals surface area contributed by atoms with Crippen molar-refractivity contribution in [1.29, 1.82) is 0 Å². The number of benzene rings is 2. The third-order valence-corrected chi connectivity index (χ3v) is 5.38. The first-order valence-corrected chi connectivity index (χ1v) is 8.71. The predicted molar refractivity (Wildman–Crippen MR) is 93.6 cm³/mol. The molecule has 2 aliphatic heterocycles. The van der Waals surface area contributed by atoms with Crippen molar-refractivity contribution in [2.75, 3.05) is 11.4 Å². The number of nitrogens with zero attached hydrogens (tertiary/aromatic N) is 1. The number of fused-ring (bicyclic) bond motifs is 3. The fourth-order valence-corrected chi connectivity index (χ4v) is 4.07. The van der Waals surface area contributed by atoms with Crippen LogP contribution < -0.4 is 15.4 Å². The summed E-state index contributed by atoms with van der Waals surface area (Å²) in [7, 11) is 0. The molecule has 2 bridgehead atoms. The largest absolute Gasteiger partial charge is 0.490 e. The number of halogens is 1. The van der Waals surface area contributed by atoms with E-state index in [1.807, 2.05) is 36.4 Å². The molecule has 0 amide bonds. The molecule has 3 aliphatic rings. The molecule has 5 rings (SSSR count). The third-order valence-electron chi connectivity index (χ3n) is 5.38. The molecule has 2 heterocycles. The van der Waals surface area contributed by atoms with E-state index in [1.165, 1.54) is 0 Å². The summed E-state index contributed by atoms with van der Waals surface area (Å²) < 4.78 is 20.4. The summed E-state index contributed by atoms with van der Waals surface area (Å²) in [4.78, 5) is 2.24. The van der Waals surface area contributed by atoms with Crippen LogP contribution >= 0.6 is 0 Å². The van der Waals surface area contributed by atoms with E-state index in [2.05, 4.69) is 4.90 Å². The normalized spacial score (nSPS) is 25.8. The second-order valence-electron chi connectivity index (χ2n) is 6.84. The first-order chi connectivity index (χ1) is 11.7. The molecule has 0 spiro atoms. The Morgan fingerprint density at radius 2 is 1.88 bits per heavy atom. The van der Waals surface area contributed by atoms with Gasteiger partial charge in [-0.15, -0.1) is 0 Å². The number of hydrogen-bond donors (Lipinski definition) is 1. The maximum absolute atomic E-state index is 14.1. The Balaban J connectivity index is 1.47. The summed E-state index contributed by atoms with van der Waals surface area (Å²) in [6, 6.07) is 15.5. The molecule has 3 nitrogen and oxygen atoms in total. The van der Waals surface area contributed by atoms with Crippen LogP contribution in [0.15, 0.2) is 48.5 Å². The summed E-state index contributed by atoms with van der Waals surface area (Å²) in [6.45, 7) is 1.42. The van der Waals surface area contributed by atoms with Crippen LogP contribution in [-0.4, -0.2) is 18.7 Å². The lowest BCUT2D eigenvalue weighted by Gasteiger charge is -2.50. The van der Waals surface area contributed by atoms with Gasteiger partial charge in [-0.05, 0) is 42.7 Å². The molecule has 24 heavy (non-hydrogen) atoms. The standard InChI is InChI=1S/C20H23FN2O/c21-18-3-1-2-4-19(18)23-13-15-7-8-16(23)11-20(15)24-17-9-5-14(12-22)6-10-17/h1-6,9-10,15-16,20H,7-8,11-13,22H2. The highest BCUT2D eigenvalue weighted by Gasteiger charge is 2.42. The molecule has 0 aromatic heterocycles. The SMILES string of the molecule is NCc1ccc(OC2CC3CCC2CN3c2ccccc2F)cc1. The maximum atomic E-state index is 14.1. The minimum atomic E-state index is -0.125. The van der Waals surface area contributed by atoms with Gasteiger partial charge >= 0.3 is 0 Å². The van der Waals surface area contributed by atoms with Crippen LogP contribution in [0.5, 0.6) is 5.75 Å². The van der Waals surface area contributed by atoms with Gasteiger partial charge in [-0.3, -0.25) is 0 Å². The topological polar surface area (TPSA) is 38.5 Å². The lowest BCUT2D eigenvalue weighted by molar-refractivity contribution is 0.0569. The molecular weight excluding hydrogens is 303 g/mol. The van der Waals surface area contributed by atoms with Crippen LogP contribution in [0.3, 0.4) is 0 Å². The van der Waals surface area contributed by atoms with E-state index < -0.39 is 0 Å². The highest BCUT2D eigenvalue weighted by molar-refractivity contribution is 5.50. The van der Waals surface area contributed by atoms with Gasteiger partial charge in [0, 0.05) is 31.5 Å². The summed E-state index contributed by atoms with van der Waals surface area (Å²) >= 11 is 0.